The molecule has 3 rings (SSSR count). The molecule has 5 nitrogen and oxygen atoms in total. The average molecular weight is 325 g/mol. The number of carbonyl (C=O) groups excluding carboxylic acids is 1. The molecule has 0 fully saturated rings. The highest BCUT2D eigenvalue weighted by Gasteiger charge is 2.23. The molecule has 1 heterocycles. The van der Waals surface area contributed by atoms with Gasteiger partial charge in [-0.3, -0.25) is 4.79 Å². The first-order valence-electron chi connectivity index (χ1n) is 7.52. The number of phenolic OH excluding ortho intramolecular Hbond substituents is 1. The van der Waals surface area contributed by atoms with Crippen molar-refractivity contribution < 1.29 is 19.4 Å². The predicted octanol–water partition coefficient (Wildman–Crippen LogP) is 3.69. The summed E-state index contributed by atoms with van der Waals surface area (Å²) in [6.45, 7) is 1.91. The fourth-order valence-corrected chi connectivity index (χ4v) is 3.32. The predicted molar refractivity (Wildman–Crippen MR) is 93.2 cm³/mol. The number of aromatic nitrogens is 1. The van der Waals surface area contributed by atoms with Crippen LogP contribution in [0.25, 0.3) is 22.2 Å². The fourth-order valence-electron chi connectivity index (χ4n) is 3.32. The number of benzene rings is 2. The van der Waals surface area contributed by atoms with Crippen LogP contribution in [0.15, 0.2) is 30.3 Å². The van der Waals surface area contributed by atoms with E-state index >= 15 is 0 Å². The average Bonchev–Trinajstić information content (AvgIpc) is 2.87. The summed E-state index contributed by atoms with van der Waals surface area (Å²) in [7, 11) is 4.96. The van der Waals surface area contributed by atoms with E-state index in [1.54, 1.807) is 13.2 Å². The number of ether oxygens (including phenoxy) is 2. The van der Waals surface area contributed by atoms with Gasteiger partial charge in [-0.25, -0.2) is 0 Å². The first-order valence-corrected chi connectivity index (χ1v) is 7.52. The van der Waals surface area contributed by atoms with Crippen LogP contribution in [0.2, 0.25) is 0 Å². The summed E-state index contributed by atoms with van der Waals surface area (Å²) in [5, 5.41) is 11.2. The van der Waals surface area contributed by atoms with E-state index in [2.05, 4.69) is 0 Å². The Morgan fingerprint density at radius 2 is 1.79 bits per heavy atom. The van der Waals surface area contributed by atoms with Gasteiger partial charge < -0.3 is 19.1 Å². The van der Waals surface area contributed by atoms with Gasteiger partial charge in [0.15, 0.2) is 17.8 Å². The number of hydrogen-bond acceptors (Lipinski definition) is 4. The van der Waals surface area contributed by atoms with Crippen molar-refractivity contribution in [2.24, 2.45) is 7.05 Å². The number of hydrogen-bond donors (Lipinski definition) is 1. The van der Waals surface area contributed by atoms with Crippen molar-refractivity contribution in [1.29, 1.82) is 0 Å². The first kappa shape index (κ1) is 15.9. The maximum absolute atomic E-state index is 11.6. The quantitative estimate of drug-likeness (QED) is 0.743. The minimum atomic E-state index is 0.0346. The van der Waals surface area contributed by atoms with Crippen LogP contribution in [0.3, 0.4) is 0 Å². The van der Waals surface area contributed by atoms with Gasteiger partial charge in [-0.2, -0.15) is 0 Å². The number of nitrogens with zero attached hydrogens (tertiary/aromatic N) is 1. The SMILES string of the molecule is COc1ccccc1-c1c(C)c2c(O)c(OC)cc(C=O)c2n1C. The molecular formula is C19H19NO4. The maximum Gasteiger partial charge on any atom is 0.167 e. The van der Waals surface area contributed by atoms with Crippen LogP contribution in [-0.4, -0.2) is 30.2 Å². The molecule has 0 saturated heterocycles. The number of fused-ring (bicyclic) bond motifs is 1. The second-order valence-electron chi connectivity index (χ2n) is 5.59. The number of carbonyl (C=O) groups is 1. The first-order chi connectivity index (χ1) is 11.5. The second kappa shape index (κ2) is 5.92. The second-order valence-corrected chi connectivity index (χ2v) is 5.59. The van der Waals surface area contributed by atoms with Gasteiger partial charge in [0.1, 0.15) is 5.75 Å². The minimum Gasteiger partial charge on any atom is -0.504 e. The van der Waals surface area contributed by atoms with E-state index in [0.717, 1.165) is 28.9 Å². The number of aromatic hydroxyl groups is 1. The third-order valence-corrected chi connectivity index (χ3v) is 4.38. The number of methoxy groups -OCH3 is 2. The summed E-state index contributed by atoms with van der Waals surface area (Å²) in [4.78, 5) is 11.6. The molecule has 0 unspecified atom stereocenters. The molecule has 0 amide bonds. The van der Waals surface area contributed by atoms with Gasteiger partial charge in [0.25, 0.3) is 0 Å². The van der Waals surface area contributed by atoms with Gasteiger partial charge >= 0.3 is 0 Å². The smallest absolute Gasteiger partial charge is 0.167 e. The molecule has 0 spiro atoms. The van der Waals surface area contributed by atoms with Gasteiger partial charge in [-0.05, 0) is 30.7 Å². The molecule has 0 bridgehead atoms. The van der Waals surface area contributed by atoms with Crippen molar-refractivity contribution in [3.8, 4) is 28.5 Å². The third-order valence-electron chi connectivity index (χ3n) is 4.38. The Morgan fingerprint density at radius 3 is 2.42 bits per heavy atom. The highest BCUT2D eigenvalue weighted by molar-refractivity contribution is 6.06. The largest absolute Gasteiger partial charge is 0.504 e. The summed E-state index contributed by atoms with van der Waals surface area (Å²) < 4.78 is 12.6. The summed E-state index contributed by atoms with van der Waals surface area (Å²) in [6, 6.07) is 9.21. The third kappa shape index (κ3) is 2.12. The zero-order valence-electron chi connectivity index (χ0n) is 14.1. The number of aryl methyl sites for hydroxylation is 2. The van der Waals surface area contributed by atoms with E-state index in [4.69, 9.17) is 9.47 Å². The number of para-hydroxylation sites is 1. The van der Waals surface area contributed by atoms with Gasteiger partial charge in [0.2, 0.25) is 0 Å². The highest BCUT2D eigenvalue weighted by Crippen LogP contribution is 2.44. The molecule has 0 aliphatic carbocycles. The molecule has 0 aliphatic heterocycles. The van der Waals surface area contributed by atoms with Crippen molar-refractivity contribution in [3.05, 3.63) is 41.5 Å². The fraction of sp³-hybridized carbons (Fsp3) is 0.211. The zero-order chi connectivity index (χ0) is 17.4. The Balaban J connectivity index is 2.48. The van der Waals surface area contributed by atoms with E-state index in [9.17, 15) is 9.90 Å². The van der Waals surface area contributed by atoms with Gasteiger partial charge in [-0.15, -0.1) is 0 Å². The van der Waals surface area contributed by atoms with Gasteiger partial charge in [0, 0.05) is 23.6 Å². The van der Waals surface area contributed by atoms with Crippen LogP contribution in [0.5, 0.6) is 17.2 Å². The van der Waals surface area contributed by atoms with Crippen molar-refractivity contribution >= 4 is 17.2 Å². The van der Waals surface area contributed by atoms with E-state index in [1.807, 2.05) is 42.8 Å². The molecule has 0 aliphatic rings. The Bertz CT molecular complexity index is 940. The van der Waals surface area contributed by atoms with Crippen molar-refractivity contribution in [1.82, 2.24) is 4.57 Å². The van der Waals surface area contributed by atoms with Crippen molar-refractivity contribution in [3.63, 3.8) is 0 Å². The monoisotopic (exact) mass is 325 g/mol. The van der Waals surface area contributed by atoms with Crippen LogP contribution >= 0.6 is 0 Å². The summed E-state index contributed by atoms with van der Waals surface area (Å²) in [5.74, 6) is 1.04. The van der Waals surface area contributed by atoms with Crippen LogP contribution in [0.4, 0.5) is 0 Å². The van der Waals surface area contributed by atoms with Crippen molar-refractivity contribution in [2.45, 2.75) is 6.92 Å². The molecular weight excluding hydrogens is 306 g/mol. The number of rotatable bonds is 4. The molecule has 3 aromatic rings. The Kier molecular flexibility index (Phi) is 3.93. The lowest BCUT2D eigenvalue weighted by molar-refractivity contribution is 0.112. The van der Waals surface area contributed by atoms with Gasteiger partial charge in [-0.1, -0.05) is 12.1 Å². The van der Waals surface area contributed by atoms with E-state index in [0.29, 0.717) is 16.5 Å². The summed E-state index contributed by atoms with van der Waals surface area (Å²) in [5.41, 5.74) is 3.77. The normalized spacial score (nSPS) is 10.8. The Hall–Kier alpha value is -2.95. The molecule has 0 radical (unpaired) electrons. The van der Waals surface area contributed by atoms with Crippen molar-refractivity contribution in [2.75, 3.05) is 14.2 Å². The lowest BCUT2D eigenvalue weighted by Gasteiger charge is -2.11. The maximum atomic E-state index is 11.6. The van der Waals surface area contributed by atoms with Crippen LogP contribution in [0.1, 0.15) is 15.9 Å². The number of phenols is 1. The van der Waals surface area contributed by atoms with Gasteiger partial charge in [0.05, 0.1) is 25.4 Å². The van der Waals surface area contributed by atoms with Crippen LogP contribution < -0.4 is 9.47 Å². The number of aldehydes is 1. The molecule has 0 saturated carbocycles. The molecule has 1 N–H and O–H groups in total. The highest BCUT2D eigenvalue weighted by atomic mass is 16.5. The zero-order valence-corrected chi connectivity index (χ0v) is 14.1. The molecule has 1 aromatic heterocycles. The topological polar surface area (TPSA) is 60.7 Å². The van der Waals surface area contributed by atoms with E-state index in [-0.39, 0.29) is 11.5 Å². The van der Waals surface area contributed by atoms with E-state index < -0.39 is 0 Å². The summed E-state index contributed by atoms with van der Waals surface area (Å²) in [6.07, 6.45) is 0.774. The molecule has 0 atom stereocenters. The van der Waals surface area contributed by atoms with Crippen LogP contribution in [-0.2, 0) is 7.05 Å². The van der Waals surface area contributed by atoms with Crippen LogP contribution in [0, 0.1) is 6.92 Å². The molecule has 124 valence electrons. The molecule has 2 aromatic carbocycles. The Morgan fingerprint density at radius 1 is 1.12 bits per heavy atom. The molecule has 5 heteroatoms. The lowest BCUT2D eigenvalue weighted by Crippen LogP contribution is -1.97. The standard InChI is InChI=1S/C19H19NO4/c1-11-16-18(12(10-21)9-15(24-4)19(16)22)20(2)17(11)13-7-5-6-8-14(13)23-3/h5-10,22H,1-4H3. The van der Waals surface area contributed by atoms with E-state index in [1.165, 1.54) is 7.11 Å². The Labute approximate surface area is 140 Å². The lowest BCUT2D eigenvalue weighted by atomic mass is 10.0. The molecule has 24 heavy (non-hydrogen) atoms. The minimum absolute atomic E-state index is 0.0346. The summed E-state index contributed by atoms with van der Waals surface area (Å²) >= 11 is 0.